The molecular formula is C10H15F3N2O3S2. The molecule has 20 heavy (non-hydrogen) atoms. The number of carbonyl (C=O) groups excluding carboxylic acids is 1. The third kappa shape index (κ3) is 6.60. The number of nitrogens with zero attached hydrogens (tertiary/aromatic N) is 1. The van der Waals surface area contributed by atoms with E-state index in [1.54, 1.807) is 11.8 Å². The molecule has 116 valence electrons. The molecular weight excluding hydrogens is 317 g/mol. The normalized spacial score (nSPS) is 19.8. The Morgan fingerprint density at radius 1 is 1.45 bits per heavy atom. The third-order valence-corrected chi connectivity index (χ3v) is 4.37. The predicted octanol–water partition coefficient (Wildman–Crippen LogP) is 1.84. The first-order valence-corrected chi connectivity index (χ1v) is 7.98. The van der Waals surface area contributed by atoms with E-state index in [1.807, 2.05) is 0 Å². The van der Waals surface area contributed by atoms with Crippen LogP contribution in [-0.2, 0) is 4.79 Å². The number of hydrogen-bond acceptors (Lipinski definition) is 4. The minimum atomic E-state index is -4.31. The number of carboxylic acid groups (broad SMARTS) is 1. The molecule has 0 aliphatic carbocycles. The van der Waals surface area contributed by atoms with E-state index in [4.69, 9.17) is 5.11 Å². The minimum absolute atomic E-state index is 0.105. The molecule has 2 N–H and O–H groups in total. The summed E-state index contributed by atoms with van der Waals surface area (Å²) >= 11 is 1.36. The fourth-order valence-corrected chi connectivity index (χ4v) is 3.22. The number of halogens is 3. The van der Waals surface area contributed by atoms with Crippen LogP contribution in [0.15, 0.2) is 0 Å². The summed E-state index contributed by atoms with van der Waals surface area (Å²) in [5, 5.41) is 11.2. The SMILES string of the molecule is O=C(O)CC1CSCCN1C(=O)NCCSC(F)(F)F. The Morgan fingerprint density at radius 3 is 2.75 bits per heavy atom. The lowest BCUT2D eigenvalue weighted by molar-refractivity contribution is -0.138. The highest BCUT2D eigenvalue weighted by Gasteiger charge is 2.30. The van der Waals surface area contributed by atoms with E-state index < -0.39 is 23.6 Å². The second kappa shape index (κ2) is 7.87. The van der Waals surface area contributed by atoms with Crippen molar-refractivity contribution in [2.24, 2.45) is 0 Å². The summed E-state index contributed by atoms with van der Waals surface area (Å²) < 4.78 is 35.7. The highest BCUT2D eigenvalue weighted by Crippen LogP contribution is 2.29. The third-order valence-electron chi connectivity index (χ3n) is 2.54. The first kappa shape index (κ1) is 17.3. The van der Waals surface area contributed by atoms with Gasteiger partial charge in [0.1, 0.15) is 0 Å². The van der Waals surface area contributed by atoms with E-state index in [0.29, 0.717) is 18.1 Å². The molecule has 0 spiro atoms. The van der Waals surface area contributed by atoms with Crippen LogP contribution in [0.2, 0.25) is 0 Å². The van der Waals surface area contributed by atoms with Crippen LogP contribution >= 0.6 is 23.5 Å². The maximum Gasteiger partial charge on any atom is 0.441 e. The maximum absolute atomic E-state index is 11.9. The molecule has 1 rings (SSSR count). The number of alkyl halides is 3. The van der Waals surface area contributed by atoms with Gasteiger partial charge in [-0.15, -0.1) is 0 Å². The average molecular weight is 332 g/mol. The molecule has 10 heteroatoms. The predicted molar refractivity (Wildman–Crippen MR) is 72.0 cm³/mol. The fourth-order valence-electron chi connectivity index (χ4n) is 1.72. The summed E-state index contributed by atoms with van der Waals surface area (Å²) in [5.41, 5.74) is -4.31. The number of carbonyl (C=O) groups is 2. The van der Waals surface area contributed by atoms with Gasteiger partial charge >= 0.3 is 17.5 Å². The van der Waals surface area contributed by atoms with E-state index in [9.17, 15) is 22.8 Å². The molecule has 0 aromatic carbocycles. The number of urea groups is 1. The summed E-state index contributed by atoms with van der Waals surface area (Å²) in [5.74, 6) is -0.0397. The van der Waals surface area contributed by atoms with Gasteiger partial charge in [0.2, 0.25) is 0 Å². The van der Waals surface area contributed by atoms with Crippen LogP contribution in [0.25, 0.3) is 0 Å². The second-order valence-electron chi connectivity index (χ2n) is 4.05. The molecule has 1 aliphatic heterocycles. The van der Waals surface area contributed by atoms with Crippen LogP contribution in [0.5, 0.6) is 0 Å². The smallest absolute Gasteiger partial charge is 0.441 e. The van der Waals surface area contributed by atoms with Crippen LogP contribution in [0.4, 0.5) is 18.0 Å². The molecule has 1 aliphatic rings. The Kier molecular flexibility index (Phi) is 6.80. The van der Waals surface area contributed by atoms with Gasteiger partial charge in [-0.05, 0) is 11.8 Å². The fraction of sp³-hybridized carbons (Fsp3) is 0.800. The number of amides is 2. The van der Waals surface area contributed by atoms with E-state index in [0.717, 1.165) is 0 Å². The first-order valence-electron chi connectivity index (χ1n) is 5.84. The molecule has 0 aromatic rings. The molecule has 0 bridgehead atoms. The first-order chi connectivity index (χ1) is 9.29. The Bertz CT molecular complexity index is 355. The minimum Gasteiger partial charge on any atom is -0.481 e. The number of thioether (sulfide) groups is 2. The summed E-state index contributed by atoms with van der Waals surface area (Å²) in [6.07, 6.45) is -0.155. The molecule has 1 heterocycles. The topological polar surface area (TPSA) is 69.6 Å². The molecule has 1 atom stereocenters. The summed E-state index contributed by atoms with van der Waals surface area (Å²) in [4.78, 5) is 23.9. The van der Waals surface area contributed by atoms with Gasteiger partial charge in [0.25, 0.3) is 0 Å². The van der Waals surface area contributed by atoms with Crippen LogP contribution in [0.3, 0.4) is 0 Å². The van der Waals surface area contributed by atoms with Crippen molar-refractivity contribution in [3.8, 4) is 0 Å². The summed E-state index contributed by atoms with van der Waals surface area (Å²) in [6.45, 7) is 0.299. The molecule has 0 aromatic heterocycles. The van der Waals surface area contributed by atoms with Gasteiger partial charge in [0, 0.05) is 30.3 Å². The number of carboxylic acids is 1. The van der Waals surface area contributed by atoms with Crippen molar-refractivity contribution in [2.75, 3.05) is 30.3 Å². The highest BCUT2D eigenvalue weighted by molar-refractivity contribution is 8.00. The van der Waals surface area contributed by atoms with Crippen LogP contribution < -0.4 is 5.32 Å². The van der Waals surface area contributed by atoms with Crippen molar-refractivity contribution in [2.45, 2.75) is 18.0 Å². The molecule has 1 unspecified atom stereocenters. The Morgan fingerprint density at radius 2 is 2.15 bits per heavy atom. The van der Waals surface area contributed by atoms with Gasteiger partial charge in [-0.1, -0.05) is 0 Å². The highest BCUT2D eigenvalue weighted by atomic mass is 32.2. The molecule has 1 saturated heterocycles. The lowest BCUT2D eigenvalue weighted by atomic mass is 10.2. The van der Waals surface area contributed by atoms with E-state index in [-0.39, 0.29) is 30.5 Å². The standard InChI is InChI=1S/C10H15F3N2O3S2/c11-10(12,13)20-3-1-14-9(18)15-2-4-19-6-7(15)5-8(16)17/h7H,1-6H2,(H,14,18)(H,16,17). The number of nitrogens with one attached hydrogen (secondary N) is 1. The monoisotopic (exact) mass is 332 g/mol. The zero-order chi connectivity index (χ0) is 15.2. The van der Waals surface area contributed by atoms with E-state index >= 15 is 0 Å². The lowest BCUT2D eigenvalue weighted by Crippen LogP contribution is -2.51. The van der Waals surface area contributed by atoms with Gasteiger partial charge in [-0.2, -0.15) is 24.9 Å². The van der Waals surface area contributed by atoms with E-state index in [2.05, 4.69) is 5.32 Å². The second-order valence-corrected chi connectivity index (χ2v) is 6.36. The van der Waals surface area contributed by atoms with Gasteiger partial charge in [0.15, 0.2) is 0 Å². The van der Waals surface area contributed by atoms with Crippen molar-refractivity contribution in [3.63, 3.8) is 0 Å². The van der Waals surface area contributed by atoms with E-state index in [1.165, 1.54) is 4.90 Å². The van der Waals surface area contributed by atoms with Gasteiger partial charge in [-0.3, -0.25) is 4.79 Å². The lowest BCUT2D eigenvalue weighted by Gasteiger charge is -2.34. The van der Waals surface area contributed by atoms with Gasteiger partial charge in [0.05, 0.1) is 12.5 Å². The van der Waals surface area contributed by atoms with Crippen molar-refractivity contribution < 1.29 is 27.9 Å². The van der Waals surface area contributed by atoms with Crippen LogP contribution in [0, 0.1) is 0 Å². The van der Waals surface area contributed by atoms with Crippen LogP contribution in [-0.4, -0.2) is 63.9 Å². The molecule has 0 saturated carbocycles. The van der Waals surface area contributed by atoms with Crippen molar-refractivity contribution in [1.82, 2.24) is 10.2 Å². The van der Waals surface area contributed by atoms with Crippen molar-refractivity contribution in [3.05, 3.63) is 0 Å². The number of hydrogen-bond donors (Lipinski definition) is 2. The maximum atomic E-state index is 11.9. The molecule has 0 radical (unpaired) electrons. The molecule has 5 nitrogen and oxygen atoms in total. The number of aliphatic carboxylic acids is 1. The summed E-state index contributed by atoms with van der Waals surface area (Å²) in [6, 6.07) is -0.916. The zero-order valence-corrected chi connectivity index (χ0v) is 12.1. The molecule has 1 fully saturated rings. The van der Waals surface area contributed by atoms with Gasteiger partial charge in [-0.25, -0.2) is 4.79 Å². The number of rotatable bonds is 5. The Labute approximate surface area is 122 Å². The average Bonchev–Trinajstić information content (AvgIpc) is 2.33. The van der Waals surface area contributed by atoms with Crippen LogP contribution in [0.1, 0.15) is 6.42 Å². The Hall–Kier alpha value is -0.770. The van der Waals surface area contributed by atoms with Crippen molar-refractivity contribution in [1.29, 1.82) is 0 Å². The molecule has 2 amide bonds. The quantitative estimate of drug-likeness (QED) is 0.752. The summed E-state index contributed by atoms with van der Waals surface area (Å²) in [7, 11) is 0. The Balaban J connectivity index is 2.37. The zero-order valence-electron chi connectivity index (χ0n) is 10.5. The van der Waals surface area contributed by atoms with Crippen molar-refractivity contribution >= 4 is 35.5 Å². The van der Waals surface area contributed by atoms with Gasteiger partial charge < -0.3 is 15.3 Å². The largest absolute Gasteiger partial charge is 0.481 e.